The molecule has 0 radical (unpaired) electrons. The molecule has 5 nitrogen and oxygen atoms in total. The Bertz CT molecular complexity index is 706. The fraction of sp³-hybridized carbons (Fsp3) is 0.308. The largest absolute Gasteiger partial charge is 0.348 e. The Hall–Kier alpha value is -1.95. The maximum absolute atomic E-state index is 4.46. The summed E-state index contributed by atoms with van der Waals surface area (Å²) < 4.78 is 2.11. The smallest absolute Gasteiger partial charge is 0.160 e. The van der Waals surface area contributed by atoms with Crippen molar-refractivity contribution in [1.82, 2.24) is 24.5 Å². The summed E-state index contributed by atoms with van der Waals surface area (Å²) in [6.07, 6.45) is 5.50. The van der Waals surface area contributed by atoms with Gasteiger partial charge in [0.05, 0.1) is 23.6 Å². The topological polar surface area (TPSA) is 59.4 Å². The number of aromatic nitrogens is 5. The first-order valence-corrected chi connectivity index (χ1v) is 6.91. The van der Waals surface area contributed by atoms with Crippen LogP contribution in [0.3, 0.4) is 0 Å². The van der Waals surface area contributed by atoms with Crippen LogP contribution in [0.2, 0.25) is 0 Å². The van der Waals surface area contributed by atoms with E-state index in [4.69, 9.17) is 0 Å². The average molecular weight is 273 g/mol. The molecule has 19 heavy (non-hydrogen) atoms. The van der Waals surface area contributed by atoms with Gasteiger partial charge in [0.25, 0.3) is 0 Å². The van der Waals surface area contributed by atoms with Gasteiger partial charge in [-0.3, -0.25) is 0 Å². The highest BCUT2D eigenvalue weighted by atomic mass is 32.1. The van der Waals surface area contributed by atoms with Gasteiger partial charge >= 0.3 is 0 Å². The van der Waals surface area contributed by atoms with Crippen LogP contribution in [-0.4, -0.2) is 24.5 Å². The van der Waals surface area contributed by atoms with Crippen molar-refractivity contribution in [2.75, 3.05) is 0 Å². The second kappa shape index (κ2) is 4.62. The molecule has 0 bridgehead atoms. The zero-order valence-electron chi connectivity index (χ0n) is 11.1. The second-order valence-electron chi connectivity index (χ2n) is 4.50. The van der Waals surface area contributed by atoms with E-state index in [1.165, 1.54) is 4.88 Å². The van der Waals surface area contributed by atoms with Crippen LogP contribution in [0.5, 0.6) is 0 Å². The number of hydrogen-bond donors (Lipinski definition) is 1. The van der Waals surface area contributed by atoms with E-state index in [0.717, 1.165) is 34.5 Å². The van der Waals surface area contributed by atoms with Gasteiger partial charge in [-0.1, -0.05) is 0 Å². The first kappa shape index (κ1) is 12.1. The Kier molecular flexibility index (Phi) is 2.94. The normalized spacial score (nSPS) is 11.1. The lowest BCUT2D eigenvalue weighted by atomic mass is 10.3. The maximum Gasteiger partial charge on any atom is 0.160 e. The Morgan fingerprint density at radius 1 is 1.26 bits per heavy atom. The zero-order chi connectivity index (χ0) is 13.4. The van der Waals surface area contributed by atoms with E-state index in [9.17, 15) is 0 Å². The summed E-state index contributed by atoms with van der Waals surface area (Å²) in [4.78, 5) is 17.6. The molecule has 0 aliphatic rings. The van der Waals surface area contributed by atoms with Crippen LogP contribution >= 0.6 is 11.3 Å². The van der Waals surface area contributed by atoms with Crippen LogP contribution in [0.4, 0.5) is 0 Å². The average Bonchev–Trinajstić information content (AvgIpc) is 3.02. The Balaban J connectivity index is 1.97. The lowest BCUT2D eigenvalue weighted by molar-refractivity contribution is 0.808. The minimum absolute atomic E-state index is 0.791. The Labute approximate surface area is 115 Å². The van der Waals surface area contributed by atoms with Gasteiger partial charge in [0.2, 0.25) is 0 Å². The fourth-order valence-electron chi connectivity index (χ4n) is 2.11. The number of nitrogens with zero attached hydrogens (tertiary/aromatic N) is 4. The van der Waals surface area contributed by atoms with Gasteiger partial charge in [0, 0.05) is 23.0 Å². The predicted molar refractivity (Wildman–Crippen MR) is 75.2 cm³/mol. The van der Waals surface area contributed by atoms with Crippen LogP contribution in [0.1, 0.15) is 21.3 Å². The predicted octanol–water partition coefficient (Wildman–Crippen LogP) is 2.70. The number of rotatable bonds is 3. The number of hydrogen-bond acceptors (Lipinski definition) is 4. The molecule has 0 unspecified atom stereocenters. The standard InChI is InChI=1S/C13H15N5S/c1-8-11(19-10(3)17-8)6-18-5-4-14-13(18)12-9(2)15-7-16-12/h4-5,7H,6H2,1-3H3,(H,15,16). The van der Waals surface area contributed by atoms with Crippen LogP contribution < -0.4 is 0 Å². The maximum atomic E-state index is 4.46. The van der Waals surface area contributed by atoms with Crippen molar-refractivity contribution in [1.29, 1.82) is 0 Å². The third-order valence-electron chi connectivity index (χ3n) is 3.07. The molecule has 0 atom stereocenters. The van der Waals surface area contributed by atoms with Gasteiger partial charge in [0.1, 0.15) is 5.69 Å². The van der Waals surface area contributed by atoms with Crippen LogP contribution in [0, 0.1) is 20.8 Å². The monoisotopic (exact) mass is 273 g/mol. The molecule has 0 amide bonds. The highest BCUT2D eigenvalue weighted by Gasteiger charge is 2.13. The molecule has 0 saturated carbocycles. The summed E-state index contributed by atoms with van der Waals surface area (Å²) >= 11 is 1.73. The van der Waals surface area contributed by atoms with Crippen LogP contribution in [0.15, 0.2) is 18.7 Å². The van der Waals surface area contributed by atoms with Crippen molar-refractivity contribution in [3.63, 3.8) is 0 Å². The molecule has 1 N–H and O–H groups in total. The van der Waals surface area contributed by atoms with Gasteiger partial charge in [-0.15, -0.1) is 11.3 Å². The van der Waals surface area contributed by atoms with Gasteiger partial charge < -0.3 is 9.55 Å². The molecule has 6 heteroatoms. The van der Waals surface area contributed by atoms with Crippen molar-refractivity contribution >= 4 is 11.3 Å². The van der Waals surface area contributed by atoms with Crippen molar-refractivity contribution in [2.24, 2.45) is 0 Å². The van der Waals surface area contributed by atoms with Gasteiger partial charge in [-0.25, -0.2) is 15.0 Å². The summed E-state index contributed by atoms with van der Waals surface area (Å²) in [5.74, 6) is 0.893. The minimum atomic E-state index is 0.791. The number of aromatic amines is 1. The Morgan fingerprint density at radius 2 is 2.11 bits per heavy atom. The molecule has 0 spiro atoms. The van der Waals surface area contributed by atoms with Crippen molar-refractivity contribution in [3.05, 3.63) is 40.0 Å². The first-order chi connectivity index (χ1) is 9.15. The molecule has 0 aliphatic heterocycles. The van der Waals surface area contributed by atoms with Gasteiger partial charge in [-0.2, -0.15) is 0 Å². The molecule has 0 aromatic carbocycles. The molecule has 0 aliphatic carbocycles. The highest BCUT2D eigenvalue weighted by Crippen LogP contribution is 2.22. The van der Waals surface area contributed by atoms with E-state index >= 15 is 0 Å². The van der Waals surface area contributed by atoms with E-state index in [0.29, 0.717) is 0 Å². The fourth-order valence-corrected chi connectivity index (χ4v) is 3.05. The highest BCUT2D eigenvalue weighted by molar-refractivity contribution is 7.11. The molecule has 0 saturated heterocycles. The molecule has 3 aromatic heterocycles. The molecular weight excluding hydrogens is 258 g/mol. The molecule has 3 aromatic rings. The summed E-state index contributed by atoms with van der Waals surface area (Å²) in [5, 5.41) is 1.10. The van der Waals surface area contributed by atoms with Crippen molar-refractivity contribution in [3.8, 4) is 11.5 Å². The first-order valence-electron chi connectivity index (χ1n) is 6.09. The van der Waals surface area contributed by atoms with Crippen molar-refractivity contribution < 1.29 is 0 Å². The number of aryl methyl sites for hydroxylation is 3. The molecular formula is C13H15N5S. The van der Waals surface area contributed by atoms with Gasteiger partial charge in [-0.05, 0) is 20.8 Å². The van der Waals surface area contributed by atoms with E-state index < -0.39 is 0 Å². The second-order valence-corrected chi connectivity index (χ2v) is 5.78. The lowest BCUT2D eigenvalue weighted by Crippen LogP contribution is -2.01. The van der Waals surface area contributed by atoms with E-state index in [-0.39, 0.29) is 0 Å². The minimum Gasteiger partial charge on any atom is -0.348 e. The SMILES string of the molecule is Cc1nc(C)c(Cn2ccnc2-c2nc[nH]c2C)s1. The van der Waals surface area contributed by atoms with Gasteiger partial charge in [0.15, 0.2) is 5.82 Å². The summed E-state index contributed by atoms with van der Waals surface area (Å²) in [6.45, 7) is 6.88. The molecule has 3 rings (SSSR count). The van der Waals surface area contributed by atoms with E-state index in [2.05, 4.69) is 31.4 Å². The summed E-state index contributed by atoms with van der Waals surface area (Å²) in [5.41, 5.74) is 3.04. The summed E-state index contributed by atoms with van der Waals surface area (Å²) in [6, 6.07) is 0. The third-order valence-corrected chi connectivity index (χ3v) is 4.13. The van der Waals surface area contributed by atoms with Crippen molar-refractivity contribution in [2.45, 2.75) is 27.3 Å². The van der Waals surface area contributed by atoms with E-state index in [1.54, 1.807) is 17.7 Å². The van der Waals surface area contributed by atoms with E-state index in [1.807, 2.05) is 26.2 Å². The van der Waals surface area contributed by atoms with Crippen LogP contribution in [0.25, 0.3) is 11.5 Å². The third kappa shape index (κ3) is 2.19. The molecule has 3 heterocycles. The Morgan fingerprint density at radius 3 is 2.74 bits per heavy atom. The number of thiazole rings is 1. The zero-order valence-corrected chi connectivity index (χ0v) is 12.0. The number of H-pyrrole nitrogens is 1. The quantitative estimate of drug-likeness (QED) is 0.798. The summed E-state index contributed by atoms with van der Waals surface area (Å²) in [7, 11) is 0. The number of imidazole rings is 2. The molecule has 98 valence electrons. The van der Waals surface area contributed by atoms with Crippen LogP contribution in [-0.2, 0) is 6.54 Å². The number of nitrogens with one attached hydrogen (secondary N) is 1. The lowest BCUT2D eigenvalue weighted by Gasteiger charge is -2.05. The molecule has 0 fully saturated rings.